The van der Waals surface area contributed by atoms with Crippen LogP contribution in [-0.2, 0) is 6.54 Å². The minimum atomic E-state index is -0.0203. The van der Waals surface area contributed by atoms with E-state index in [-0.39, 0.29) is 6.03 Å². The molecule has 3 rings (SSSR count). The molecular weight excluding hydrogens is 268 g/mol. The normalized spacial score (nSPS) is 25.6. The van der Waals surface area contributed by atoms with Crippen molar-refractivity contribution in [1.29, 1.82) is 0 Å². The number of piperidine rings is 1. The highest BCUT2D eigenvalue weighted by atomic mass is 16.5. The second-order valence-electron chi connectivity index (χ2n) is 6.23. The van der Waals surface area contributed by atoms with Gasteiger partial charge in [-0.05, 0) is 32.7 Å². The summed E-state index contributed by atoms with van der Waals surface area (Å²) in [6.07, 6.45) is 4.84. The van der Waals surface area contributed by atoms with Gasteiger partial charge in [0, 0.05) is 31.7 Å². The maximum Gasteiger partial charge on any atom is 0.317 e. The number of hydrogen-bond acceptors (Lipinski definition) is 4. The van der Waals surface area contributed by atoms with Gasteiger partial charge in [-0.1, -0.05) is 11.6 Å². The Morgan fingerprint density at radius 1 is 1.48 bits per heavy atom. The first-order chi connectivity index (χ1) is 10.1. The van der Waals surface area contributed by atoms with Gasteiger partial charge in [0.1, 0.15) is 11.5 Å². The second-order valence-corrected chi connectivity index (χ2v) is 6.23. The van der Waals surface area contributed by atoms with E-state index in [9.17, 15) is 4.79 Å². The molecule has 2 aliphatic rings. The van der Waals surface area contributed by atoms with Crippen LogP contribution in [0.5, 0.6) is 0 Å². The predicted octanol–water partition coefficient (Wildman–Crippen LogP) is 1.75. The second kappa shape index (κ2) is 6.05. The Bertz CT molecular complexity index is 502. The van der Waals surface area contributed by atoms with Crippen molar-refractivity contribution in [2.24, 2.45) is 0 Å². The zero-order chi connectivity index (χ0) is 14.8. The summed E-state index contributed by atoms with van der Waals surface area (Å²) in [7, 11) is 1.80. The minimum Gasteiger partial charge on any atom is -0.361 e. The van der Waals surface area contributed by atoms with Crippen molar-refractivity contribution in [1.82, 2.24) is 20.3 Å². The molecule has 6 heteroatoms. The molecule has 2 aliphatic heterocycles. The van der Waals surface area contributed by atoms with Crippen LogP contribution >= 0.6 is 0 Å². The molecule has 0 radical (unpaired) electrons. The van der Waals surface area contributed by atoms with Gasteiger partial charge in [-0.15, -0.1) is 0 Å². The van der Waals surface area contributed by atoms with Crippen LogP contribution in [-0.4, -0.2) is 53.2 Å². The molecule has 2 amide bonds. The fourth-order valence-corrected chi connectivity index (χ4v) is 3.49. The quantitative estimate of drug-likeness (QED) is 0.922. The summed E-state index contributed by atoms with van der Waals surface area (Å²) in [6, 6.07) is 2.67. The molecule has 116 valence electrons. The first-order valence-electron chi connectivity index (χ1n) is 7.81. The third-order valence-corrected chi connectivity index (χ3v) is 4.59. The molecule has 2 fully saturated rings. The fourth-order valence-electron chi connectivity index (χ4n) is 3.49. The molecule has 1 N–H and O–H groups in total. The number of aromatic nitrogens is 1. The van der Waals surface area contributed by atoms with Crippen molar-refractivity contribution in [2.75, 3.05) is 20.1 Å². The summed E-state index contributed by atoms with van der Waals surface area (Å²) in [5.41, 5.74) is 0.788. The zero-order valence-electron chi connectivity index (χ0n) is 12.8. The largest absolute Gasteiger partial charge is 0.361 e. The zero-order valence-corrected chi connectivity index (χ0v) is 12.8. The van der Waals surface area contributed by atoms with Gasteiger partial charge in [0.15, 0.2) is 0 Å². The van der Waals surface area contributed by atoms with Gasteiger partial charge in [-0.2, -0.15) is 0 Å². The van der Waals surface area contributed by atoms with Gasteiger partial charge in [0.25, 0.3) is 0 Å². The Labute approximate surface area is 125 Å². The van der Waals surface area contributed by atoms with E-state index in [0.29, 0.717) is 18.6 Å². The highest BCUT2D eigenvalue weighted by molar-refractivity contribution is 5.74. The highest BCUT2D eigenvalue weighted by Gasteiger charge is 2.36. The smallest absolute Gasteiger partial charge is 0.317 e. The SMILES string of the molecule is Cc1cc(CN(C)C(=O)N[C@@H]2CCN3CCCC[C@H]23)no1. The first-order valence-corrected chi connectivity index (χ1v) is 7.81. The van der Waals surface area contributed by atoms with Gasteiger partial charge in [0.05, 0.1) is 6.54 Å². The van der Waals surface area contributed by atoms with E-state index < -0.39 is 0 Å². The van der Waals surface area contributed by atoms with E-state index in [4.69, 9.17) is 4.52 Å². The standard InChI is InChI=1S/C15H24N4O2/c1-11-9-12(17-21-11)10-18(2)15(20)16-13-6-8-19-7-4-3-5-14(13)19/h9,13-14H,3-8,10H2,1-2H3,(H,16,20)/t13-,14-/m1/s1. The molecule has 0 saturated carbocycles. The molecule has 0 aromatic carbocycles. The van der Waals surface area contributed by atoms with Crippen LogP contribution in [0, 0.1) is 6.92 Å². The van der Waals surface area contributed by atoms with Crippen molar-refractivity contribution in [3.63, 3.8) is 0 Å². The van der Waals surface area contributed by atoms with Crippen LogP contribution in [0.1, 0.15) is 37.1 Å². The maximum absolute atomic E-state index is 12.3. The molecule has 0 unspecified atom stereocenters. The van der Waals surface area contributed by atoms with Crippen molar-refractivity contribution in [2.45, 2.75) is 51.2 Å². The van der Waals surface area contributed by atoms with Gasteiger partial charge < -0.3 is 14.7 Å². The van der Waals surface area contributed by atoms with E-state index in [2.05, 4.69) is 15.4 Å². The molecule has 2 saturated heterocycles. The van der Waals surface area contributed by atoms with Gasteiger partial charge in [-0.25, -0.2) is 4.79 Å². The average Bonchev–Trinajstić information content (AvgIpc) is 3.06. The average molecular weight is 292 g/mol. The van der Waals surface area contributed by atoms with Crippen LogP contribution in [0.25, 0.3) is 0 Å². The van der Waals surface area contributed by atoms with Crippen molar-refractivity contribution in [3.8, 4) is 0 Å². The Kier molecular flexibility index (Phi) is 4.14. The van der Waals surface area contributed by atoms with E-state index in [1.165, 1.54) is 25.8 Å². The number of amides is 2. The molecule has 0 aliphatic carbocycles. The lowest BCUT2D eigenvalue weighted by atomic mass is 9.99. The predicted molar refractivity (Wildman–Crippen MR) is 78.9 cm³/mol. The minimum absolute atomic E-state index is 0.0203. The Morgan fingerprint density at radius 3 is 3.10 bits per heavy atom. The summed E-state index contributed by atoms with van der Waals surface area (Å²) in [6.45, 7) is 4.63. The van der Waals surface area contributed by atoms with E-state index >= 15 is 0 Å². The van der Waals surface area contributed by atoms with E-state index in [0.717, 1.165) is 24.4 Å². The van der Waals surface area contributed by atoms with Crippen LogP contribution < -0.4 is 5.32 Å². The number of nitrogens with one attached hydrogen (secondary N) is 1. The third-order valence-electron chi connectivity index (χ3n) is 4.59. The Hall–Kier alpha value is -1.56. The van der Waals surface area contributed by atoms with E-state index in [1.54, 1.807) is 11.9 Å². The van der Waals surface area contributed by atoms with E-state index in [1.807, 2.05) is 13.0 Å². The van der Waals surface area contributed by atoms with Crippen LogP contribution in [0.2, 0.25) is 0 Å². The number of urea groups is 1. The van der Waals surface area contributed by atoms with Gasteiger partial charge in [-0.3, -0.25) is 4.90 Å². The van der Waals surface area contributed by atoms with Gasteiger partial charge >= 0.3 is 6.03 Å². The molecule has 21 heavy (non-hydrogen) atoms. The summed E-state index contributed by atoms with van der Waals surface area (Å²) in [5.74, 6) is 0.771. The van der Waals surface area contributed by atoms with Gasteiger partial charge in [0.2, 0.25) is 0 Å². The molecule has 0 spiro atoms. The monoisotopic (exact) mass is 292 g/mol. The number of fused-ring (bicyclic) bond motifs is 1. The first kappa shape index (κ1) is 14.4. The Balaban J connectivity index is 1.53. The summed E-state index contributed by atoms with van der Waals surface area (Å²) in [4.78, 5) is 16.5. The molecule has 3 heterocycles. The van der Waals surface area contributed by atoms with Crippen molar-refractivity contribution < 1.29 is 9.32 Å². The number of aryl methyl sites for hydroxylation is 1. The maximum atomic E-state index is 12.3. The number of carbonyl (C=O) groups excluding carboxylic acids is 1. The van der Waals surface area contributed by atoms with Crippen LogP contribution in [0.4, 0.5) is 4.79 Å². The highest BCUT2D eigenvalue weighted by Crippen LogP contribution is 2.27. The van der Waals surface area contributed by atoms with Crippen molar-refractivity contribution >= 4 is 6.03 Å². The summed E-state index contributed by atoms with van der Waals surface area (Å²) < 4.78 is 5.03. The lowest BCUT2D eigenvalue weighted by Gasteiger charge is -2.33. The Morgan fingerprint density at radius 2 is 2.33 bits per heavy atom. The molecule has 6 nitrogen and oxygen atoms in total. The molecular formula is C15H24N4O2. The number of carbonyl (C=O) groups is 1. The summed E-state index contributed by atoms with van der Waals surface area (Å²) in [5, 5.41) is 7.12. The topological polar surface area (TPSA) is 61.6 Å². The van der Waals surface area contributed by atoms with Crippen LogP contribution in [0.3, 0.4) is 0 Å². The lowest BCUT2D eigenvalue weighted by molar-refractivity contribution is 0.170. The third kappa shape index (κ3) is 3.20. The molecule has 2 atom stereocenters. The molecule has 1 aromatic heterocycles. The lowest BCUT2D eigenvalue weighted by Crippen LogP contribution is -2.49. The van der Waals surface area contributed by atoms with Crippen LogP contribution in [0.15, 0.2) is 10.6 Å². The number of hydrogen-bond donors (Lipinski definition) is 1. The number of nitrogens with zero attached hydrogens (tertiary/aromatic N) is 3. The fraction of sp³-hybridized carbons (Fsp3) is 0.733. The molecule has 1 aromatic rings. The summed E-state index contributed by atoms with van der Waals surface area (Å²) >= 11 is 0. The van der Waals surface area contributed by atoms with Crippen molar-refractivity contribution in [3.05, 3.63) is 17.5 Å². The molecule has 0 bridgehead atoms. The number of rotatable bonds is 3.